The van der Waals surface area contributed by atoms with Crippen LogP contribution in [0.25, 0.3) is 0 Å². The molecule has 0 aromatic heterocycles. The van der Waals surface area contributed by atoms with Crippen molar-refractivity contribution in [3.05, 3.63) is 114 Å². The number of para-hydroxylation sites is 1. The minimum Gasteiger partial charge on any atom is -0.497 e. The maximum Gasteiger partial charge on any atom is 0.264 e. The van der Waals surface area contributed by atoms with Gasteiger partial charge in [-0.1, -0.05) is 55.0 Å². The van der Waals surface area contributed by atoms with E-state index in [-0.39, 0.29) is 29.1 Å². The molecule has 0 saturated carbocycles. The fourth-order valence-corrected chi connectivity index (χ4v) is 6.31. The van der Waals surface area contributed by atoms with Gasteiger partial charge in [-0.3, -0.25) is 13.9 Å². The summed E-state index contributed by atoms with van der Waals surface area (Å²) in [5.74, 6) is 0.957. The summed E-state index contributed by atoms with van der Waals surface area (Å²) in [6.07, 6.45) is 0.330. The Kier molecular flexibility index (Phi) is 11.4. The number of amides is 2. The Labute approximate surface area is 271 Å². The maximum absolute atomic E-state index is 14.3. The molecule has 46 heavy (non-hydrogen) atoms. The first-order valence-electron chi connectivity index (χ1n) is 15.2. The highest BCUT2D eigenvalue weighted by molar-refractivity contribution is 7.92. The van der Waals surface area contributed by atoms with E-state index in [0.29, 0.717) is 23.7 Å². The lowest BCUT2D eigenvalue weighted by molar-refractivity contribution is -0.140. The molecular weight excluding hydrogens is 602 g/mol. The molecule has 2 amide bonds. The van der Waals surface area contributed by atoms with E-state index in [1.165, 1.54) is 17.0 Å². The number of methoxy groups -OCH3 is 1. The second-order valence-electron chi connectivity index (χ2n) is 11.2. The van der Waals surface area contributed by atoms with Gasteiger partial charge in [-0.25, -0.2) is 8.42 Å². The van der Waals surface area contributed by atoms with Crippen molar-refractivity contribution in [3.63, 3.8) is 0 Å². The zero-order valence-electron chi connectivity index (χ0n) is 26.8. The van der Waals surface area contributed by atoms with Crippen molar-refractivity contribution >= 4 is 27.5 Å². The highest BCUT2D eigenvalue weighted by Gasteiger charge is 2.34. The van der Waals surface area contributed by atoms with Crippen molar-refractivity contribution in [1.29, 1.82) is 0 Å². The standard InChI is InChI=1S/C36H41N3O6S/c1-6-34(36(41)37-26(2)3)38(24-28-14-18-30(44-5)19-15-28)35(40)25-39(46(42,43)33-22-12-27(4)13-23-33)29-16-20-32(21-17-29)45-31-10-8-7-9-11-31/h7-23,26,34H,6,24-25H2,1-5H3,(H,37,41)/t34-/m1/s1. The zero-order chi connectivity index (χ0) is 33.3. The molecule has 0 aliphatic rings. The van der Waals surface area contributed by atoms with Crippen molar-refractivity contribution in [3.8, 4) is 17.2 Å². The Hall–Kier alpha value is -4.83. The molecule has 0 unspecified atom stereocenters. The van der Waals surface area contributed by atoms with Crippen molar-refractivity contribution in [2.24, 2.45) is 0 Å². The van der Waals surface area contributed by atoms with Gasteiger partial charge in [0.15, 0.2) is 0 Å². The summed E-state index contributed by atoms with van der Waals surface area (Å²) in [7, 11) is -2.63. The molecule has 0 radical (unpaired) electrons. The summed E-state index contributed by atoms with van der Waals surface area (Å²) in [5.41, 5.74) is 1.94. The average Bonchev–Trinajstić information content (AvgIpc) is 3.04. The first-order valence-corrected chi connectivity index (χ1v) is 16.6. The molecular formula is C36H41N3O6S. The lowest BCUT2D eigenvalue weighted by Crippen LogP contribution is -2.53. The number of benzene rings is 4. The fraction of sp³-hybridized carbons (Fsp3) is 0.278. The van der Waals surface area contributed by atoms with Crippen LogP contribution in [-0.2, 0) is 26.2 Å². The summed E-state index contributed by atoms with van der Waals surface area (Å²) in [6.45, 7) is 6.95. The Morgan fingerprint density at radius 3 is 1.96 bits per heavy atom. The Bertz CT molecular complexity index is 1690. The van der Waals surface area contributed by atoms with Crippen molar-refractivity contribution in [2.75, 3.05) is 18.0 Å². The number of ether oxygens (including phenoxy) is 2. The smallest absolute Gasteiger partial charge is 0.264 e. The van der Waals surface area contributed by atoms with E-state index >= 15 is 0 Å². The van der Waals surface area contributed by atoms with E-state index in [2.05, 4.69) is 5.32 Å². The average molecular weight is 644 g/mol. The van der Waals surface area contributed by atoms with Crippen LogP contribution in [0.15, 0.2) is 108 Å². The minimum absolute atomic E-state index is 0.0433. The summed E-state index contributed by atoms with van der Waals surface area (Å²) in [5, 5.41) is 2.91. The summed E-state index contributed by atoms with van der Waals surface area (Å²) < 4.78 is 40.6. The number of hydrogen-bond acceptors (Lipinski definition) is 6. The van der Waals surface area contributed by atoms with Crippen LogP contribution in [0.4, 0.5) is 5.69 Å². The van der Waals surface area contributed by atoms with Gasteiger partial charge in [-0.15, -0.1) is 0 Å². The molecule has 9 nitrogen and oxygen atoms in total. The van der Waals surface area contributed by atoms with Crippen LogP contribution in [0.5, 0.6) is 17.2 Å². The van der Waals surface area contributed by atoms with E-state index in [0.717, 1.165) is 15.4 Å². The number of sulfonamides is 1. The molecule has 4 aromatic rings. The second kappa shape index (κ2) is 15.4. The van der Waals surface area contributed by atoms with E-state index in [1.54, 1.807) is 55.6 Å². The molecule has 0 heterocycles. The quantitative estimate of drug-likeness (QED) is 0.172. The first-order chi connectivity index (χ1) is 22.0. The number of rotatable bonds is 14. The zero-order valence-corrected chi connectivity index (χ0v) is 27.7. The van der Waals surface area contributed by atoms with Gasteiger partial charge in [0.2, 0.25) is 11.8 Å². The molecule has 0 spiro atoms. The van der Waals surface area contributed by atoms with E-state index in [4.69, 9.17) is 9.47 Å². The third-order valence-electron chi connectivity index (χ3n) is 7.32. The van der Waals surface area contributed by atoms with Gasteiger partial charge in [-0.2, -0.15) is 0 Å². The SMILES string of the molecule is CC[C@H](C(=O)NC(C)C)N(Cc1ccc(OC)cc1)C(=O)CN(c1ccc(Oc2ccccc2)cc1)S(=O)(=O)c1ccc(C)cc1. The summed E-state index contributed by atoms with van der Waals surface area (Å²) in [6, 6.07) is 28.4. The third kappa shape index (κ3) is 8.66. The van der Waals surface area contributed by atoms with Crippen LogP contribution >= 0.6 is 0 Å². The molecule has 242 valence electrons. The number of aryl methyl sites for hydroxylation is 1. The van der Waals surface area contributed by atoms with Crippen LogP contribution in [0.2, 0.25) is 0 Å². The number of carbonyl (C=O) groups excluding carboxylic acids is 2. The molecule has 0 aliphatic heterocycles. The van der Waals surface area contributed by atoms with E-state index < -0.39 is 28.5 Å². The topological polar surface area (TPSA) is 105 Å². The van der Waals surface area contributed by atoms with Crippen molar-refractivity contribution < 1.29 is 27.5 Å². The number of anilines is 1. The van der Waals surface area contributed by atoms with Crippen LogP contribution < -0.4 is 19.1 Å². The van der Waals surface area contributed by atoms with Crippen LogP contribution in [-0.4, -0.2) is 50.9 Å². The normalized spacial score (nSPS) is 11.9. The van der Waals surface area contributed by atoms with Gasteiger partial charge in [0.1, 0.15) is 29.8 Å². The largest absolute Gasteiger partial charge is 0.497 e. The molecule has 0 bridgehead atoms. The lowest BCUT2D eigenvalue weighted by Gasteiger charge is -2.33. The molecule has 0 aliphatic carbocycles. The lowest BCUT2D eigenvalue weighted by atomic mass is 10.1. The molecule has 1 atom stereocenters. The molecule has 0 saturated heterocycles. The first kappa shape index (κ1) is 34.1. The van der Waals surface area contributed by atoms with Gasteiger partial charge in [0.25, 0.3) is 10.0 Å². The number of nitrogens with one attached hydrogen (secondary N) is 1. The second-order valence-corrected chi connectivity index (χ2v) is 13.1. The number of nitrogens with zero attached hydrogens (tertiary/aromatic N) is 2. The van der Waals surface area contributed by atoms with Gasteiger partial charge in [0.05, 0.1) is 17.7 Å². The van der Waals surface area contributed by atoms with Gasteiger partial charge >= 0.3 is 0 Å². The van der Waals surface area contributed by atoms with Gasteiger partial charge in [-0.05, 0) is 93.4 Å². The highest BCUT2D eigenvalue weighted by Crippen LogP contribution is 2.29. The maximum atomic E-state index is 14.3. The minimum atomic E-state index is -4.20. The van der Waals surface area contributed by atoms with E-state index in [9.17, 15) is 18.0 Å². The Balaban J connectivity index is 1.72. The van der Waals surface area contributed by atoms with Crippen LogP contribution in [0.1, 0.15) is 38.3 Å². The highest BCUT2D eigenvalue weighted by atomic mass is 32.2. The Morgan fingerprint density at radius 2 is 1.39 bits per heavy atom. The van der Waals surface area contributed by atoms with Crippen molar-refractivity contribution in [2.45, 2.75) is 57.6 Å². The molecule has 1 N–H and O–H groups in total. The summed E-state index contributed by atoms with van der Waals surface area (Å²) in [4.78, 5) is 29.1. The Morgan fingerprint density at radius 1 is 0.804 bits per heavy atom. The third-order valence-corrected chi connectivity index (χ3v) is 9.11. The molecule has 10 heteroatoms. The predicted molar refractivity (Wildman–Crippen MR) is 180 cm³/mol. The van der Waals surface area contributed by atoms with Crippen LogP contribution in [0.3, 0.4) is 0 Å². The molecule has 0 fully saturated rings. The monoisotopic (exact) mass is 643 g/mol. The number of carbonyl (C=O) groups is 2. The van der Waals surface area contributed by atoms with Gasteiger partial charge in [0, 0.05) is 12.6 Å². The summed E-state index contributed by atoms with van der Waals surface area (Å²) >= 11 is 0. The van der Waals surface area contributed by atoms with Crippen LogP contribution in [0, 0.1) is 6.92 Å². The molecule has 4 rings (SSSR count). The fourth-order valence-electron chi connectivity index (χ4n) is 4.90. The number of hydrogen-bond donors (Lipinski definition) is 1. The van der Waals surface area contributed by atoms with Gasteiger partial charge < -0.3 is 19.7 Å². The van der Waals surface area contributed by atoms with Crippen molar-refractivity contribution in [1.82, 2.24) is 10.2 Å². The predicted octanol–water partition coefficient (Wildman–Crippen LogP) is 6.32. The van der Waals surface area contributed by atoms with E-state index in [1.807, 2.05) is 70.2 Å². The molecule has 4 aromatic carbocycles.